The molecule has 0 bridgehead atoms. The predicted molar refractivity (Wildman–Crippen MR) is 90.8 cm³/mol. The van der Waals surface area contributed by atoms with E-state index >= 15 is 0 Å². The number of hydrogen-bond acceptors (Lipinski definition) is 5. The van der Waals surface area contributed by atoms with Gasteiger partial charge in [0.15, 0.2) is 12.5 Å². The van der Waals surface area contributed by atoms with E-state index < -0.39 is 6.16 Å². The number of hydrogen-bond donors (Lipinski definition) is 0. The van der Waals surface area contributed by atoms with Crippen LogP contribution >= 0.6 is 0 Å². The van der Waals surface area contributed by atoms with E-state index in [0.29, 0.717) is 0 Å². The molecule has 0 rings (SSSR count). The minimum Gasteiger partial charge on any atom is -0.415 e. The third-order valence-corrected chi connectivity index (χ3v) is 3.98. The highest BCUT2D eigenvalue weighted by molar-refractivity contribution is 5.60. The lowest BCUT2D eigenvalue weighted by atomic mass is 10.2. The third kappa shape index (κ3) is 7.45. The highest BCUT2D eigenvalue weighted by atomic mass is 16.7. The molecule has 2 unspecified atom stereocenters. The molecule has 0 heterocycles. The van der Waals surface area contributed by atoms with Crippen LogP contribution in [0.1, 0.15) is 67.2 Å². The van der Waals surface area contributed by atoms with E-state index in [9.17, 15) is 4.79 Å². The zero-order chi connectivity index (χ0) is 17.0. The first kappa shape index (κ1) is 21.2. The van der Waals surface area contributed by atoms with E-state index in [1.807, 2.05) is 0 Å². The summed E-state index contributed by atoms with van der Waals surface area (Å²) in [7, 11) is 0. The average molecular weight is 316 g/mol. The summed E-state index contributed by atoms with van der Waals surface area (Å²) in [4.78, 5) is 16.5. The van der Waals surface area contributed by atoms with Crippen molar-refractivity contribution in [2.75, 3.05) is 26.2 Å². The number of carbonyl (C=O) groups is 1. The van der Waals surface area contributed by atoms with Crippen molar-refractivity contribution in [2.45, 2.75) is 79.7 Å². The van der Waals surface area contributed by atoms with Crippen molar-refractivity contribution >= 4 is 6.16 Å². The highest BCUT2D eigenvalue weighted by Gasteiger charge is 2.24. The van der Waals surface area contributed by atoms with E-state index in [1.54, 1.807) is 0 Å². The maximum atomic E-state index is 12.2. The number of ether oxygens (including phenoxy) is 2. The van der Waals surface area contributed by atoms with E-state index in [2.05, 4.69) is 51.3 Å². The van der Waals surface area contributed by atoms with Gasteiger partial charge in [0.05, 0.1) is 0 Å². The van der Waals surface area contributed by atoms with Crippen molar-refractivity contribution in [3.8, 4) is 0 Å². The average Bonchev–Trinajstić information content (AvgIpc) is 2.50. The summed E-state index contributed by atoms with van der Waals surface area (Å²) in [5.41, 5.74) is 0. The summed E-state index contributed by atoms with van der Waals surface area (Å²) in [6.45, 7) is 16.0. The second-order valence-electron chi connectivity index (χ2n) is 5.41. The van der Waals surface area contributed by atoms with E-state index in [0.717, 1.165) is 51.9 Å². The molecule has 0 fully saturated rings. The lowest BCUT2D eigenvalue weighted by Gasteiger charge is -2.31. The molecule has 0 radical (unpaired) electrons. The van der Waals surface area contributed by atoms with Gasteiger partial charge in [-0.05, 0) is 39.0 Å². The smallest absolute Gasteiger partial charge is 0.415 e. The quantitative estimate of drug-likeness (QED) is 0.401. The molecule has 0 saturated heterocycles. The lowest BCUT2D eigenvalue weighted by molar-refractivity contribution is -0.0903. The summed E-state index contributed by atoms with van der Waals surface area (Å²) in [5.74, 6) is 0. The first-order valence-electron chi connectivity index (χ1n) is 8.92. The monoisotopic (exact) mass is 316 g/mol. The van der Waals surface area contributed by atoms with Crippen molar-refractivity contribution in [3.05, 3.63) is 0 Å². The van der Waals surface area contributed by atoms with Gasteiger partial charge >= 0.3 is 6.16 Å². The molecule has 0 aromatic heterocycles. The maximum Gasteiger partial charge on any atom is 0.511 e. The normalized spacial score (nSPS) is 14.2. The maximum absolute atomic E-state index is 12.2. The SMILES string of the molecule is CCCC(OC(=O)OC(CCC)N(CC)CC)N(CC)CC. The van der Waals surface area contributed by atoms with Crippen LogP contribution in [0.25, 0.3) is 0 Å². The predicted octanol–water partition coefficient (Wildman–Crippen LogP) is 4.08. The number of carbonyl (C=O) groups excluding carboxylic acids is 1. The van der Waals surface area contributed by atoms with Gasteiger partial charge in [-0.25, -0.2) is 4.79 Å². The van der Waals surface area contributed by atoms with Gasteiger partial charge in [-0.1, -0.05) is 54.4 Å². The topological polar surface area (TPSA) is 42.0 Å². The van der Waals surface area contributed by atoms with Crippen molar-refractivity contribution in [2.24, 2.45) is 0 Å². The Bertz CT molecular complexity index is 253. The van der Waals surface area contributed by atoms with Gasteiger partial charge in [0.1, 0.15) is 0 Å². The Labute approximate surface area is 136 Å². The van der Waals surface area contributed by atoms with Crippen LogP contribution in [-0.2, 0) is 9.47 Å². The van der Waals surface area contributed by atoms with Crippen LogP contribution in [0.5, 0.6) is 0 Å². The second kappa shape index (κ2) is 12.7. The van der Waals surface area contributed by atoms with Crippen molar-refractivity contribution in [1.29, 1.82) is 0 Å². The summed E-state index contributed by atoms with van der Waals surface area (Å²) >= 11 is 0. The Morgan fingerprint density at radius 3 is 1.27 bits per heavy atom. The van der Waals surface area contributed by atoms with Crippen molar-refractivity contribution in [1.82, 2.24) is 9.80 Å². The molecular weight excluding hydrogens is 280 g/mol. The Hall–Kier alpha value is -0.810. The first-order valence-corrected chi connectivity index (χ1v) is 8.92. The van der Waals surface area contributed by atoms with E-state index in [4.69, 9.17) is 9.47 Å². The summed E-state index contributed by atoms with van der Waals surface area (Å²) < 4.78 is 11.2. The van der Waals surface area contributed by atoms with E-state index in [-0.39, 0.29) is 12.5 Å². The molecule has 0 saturated carbocycles. The molecule has 0 aliphatic rings. The standard InChI is InChI=1S/C17H36N2O3/c1-7-13-15(18(9-3)10-4)21-17(20)22-16(14-8-2)19(11-5)12-6/h15-16H,7-14H2,1-6H3. The minimum atomic E-state index is -0.546. The molecule has 0 aromatic rings. The third-order valence-electron chi connectivity index (χ3n) is 3.98. The van der Waals surface area contributed by atoms with Crippen LogP contribution in [0.3, 0.4) is 0 Å². The fourth-order valence-electron chi connectivity index (χ4n) is 2.64. The number of nitrogens with zero attached hydrogens (tertiary/aromatic N) is 2. The molecule has 0 aromatic carbocycles. The molecular formula is C17H36N2O3. The van der Waals surface area contributed by atoms with Crippen LogP contribution in [0.15, 0.2) is 0 Å². The van der Waals surface area contributed by atoms with Crippen LogP contribution in [0.2, 0.25) is 0 Å². The molecule has 0 aliphatic carbocycles. The van der Waals surface area contributed by atoms with Crippen LogP contribution in [0, 0.1) is 0 Å². The van der Waals surface area contributed by atoms with Gasteiger partial charge in [-0.2, -0.15) is 0 Å². The number of rotatable bonds is 12. The van der Waals surface area contributed by atoms with Gasteiger partial charge in [-0.15, -0.1) is 0 Å². The molecule has 5 nitrogen and oxygen atoms in total. The Kier molecular flexibility index (Phi) is 12.2. The molecule has 0 spiro atoms. The van der Waals surface area contributed by atoms with Crippen molar-refractivity contribution < 1.29 is 14.3 Å². The van der Waals surface area contributed by atoms with Gasteiger partial charge in [-0.3, -0.25) is 9.80 Å². The molecule has 0 aliphatic heterocycles. The first-order chi connectivity index (χ1) is 10.6. The summed E-state index contributed by atoms with van der Waals surface area (Å²) in [6, 6.07) is 0. The fraction of sp³-hybridized carbons (Fsp3) is 0.941. The zero-order valence-corrected chi connectivity index (χ0v) is 15.4. The largest absolute Gasteiger partial charge is 0.511 e. The molecule has 0 amide bonds. The Morgan fingerprint density at radius 1 is 0.727 bits per heavy atom. The lowest BCUT2D eigenvalue weighted by Crippen LogP contribution is -2.42. The molecule has 5 heteroatoms. The second-order valence-corrected chi connectivity index (χ2v) is 5.41. The summed E-state index contributed by atoms with van der Waals surface area (Å²) in [5, 5.41) is 0. The van der Waals surface area contributed by atoms with E-state index in [1.165, 1.54) is 0 Å². The fourth-order valence-corrected chi connectivity index (χ4v) is 2.64. The Morgan fingerprint density at radius 2 is 1.05 bits per heavy atom. The van der Waals surface area contributed by atoms with Gasteiger partial charge < -0.3 is 9.47 Å². The van der Waals surface area contributed by atoms with Crippen molar-refractivity contribution in [3.63, 3.8) is 0 Å². The molecule has 22 heavy (non-hydrogen) atoms. The van der Waals surface area contributed by atoms with Crippen LogP contribution in [-0.4, -0.2) is 54.6 Å². The zero-order valence-electron chi connectivity index (χ0n) is 15.4. The molecule has 2 atom stereocenters. The Balaban J connectivity index is 4.69. The minimum absolute atomic E-state index is 0.188. The van der Waals surface area contributed by atoms with Crippen LogP contribution < -0.4 is 0 Å². The van der Waals surface area contributed by atoms with Gasteiger partial charge in [0.2, 0.25) is 0 Å². The molecule has 0 N–H and O–H groups in total. The van der Waals surface area contributed by atoms with Crippen LogP contribution in [0.4, 0.5) is 4.79 Å². The highest BCUT2D eigenvalue weighted by Crippen LogP contribution is 2.14. The molecule has 132 valence electrons. The van der Waals surface area contributed by atoms with Gasteiger partial charge in [0.25, 0.3) is 0 Å². The van der Waals surface area contributed by atoms with Gasteiger partial charge in [0, 0.05) is 0 Å². The summed E-state index contributed by atoms with van der Waals surface area (Å²) in [6.07, 6.45) is 2.70.